The number of benzene rings is 2. The van der Waals surface area contributed by atoms with Crippen molar-refractivity contribution < 1.29 is 22.3 Å². The first-order valence-electron chi connectivity index (χ1n) is 12.1. The van der Waals surface area contributed by atoms with Gasteiger partial charge in [-0.3, -0.25) is 0 Å². The van der Waals surface area contributed by atoms with E-state index in [0.717, 1.165) is 18.6 Å². The summed E-state index contributed by atoms with van der Waals surface area (Å²) in [6.45, 7) is 6.24. The Bertz CT molecular complexity index is 1330. The highest BCUT2D eigenvalue weighted by Gasteiger charge is 2.24. The van der Waals surface area contributed by atoms with Crippen LogP contribution in [0.5, 0.6) is 0 Å². The van der Waals surface area contributed by atoms with Crippen LogP contribution in [0.1, 0.15) is 26.0 Å². The molecule has 2 heterocycles. The lowest BCUT2D eigenvalue weighted by Gasteiger charge is -2.34. The average Bonchev–Trinajstić information content (AvgIpc) is 2.88. The number of hydrogen-bond donors (Lipinski definition) is 2. The van der Waals surface area contributed by atoms with E-state index in [1.54, 1.807) is 30.3 Å². The van der Waals surface area contributed by atoms with Crippen LogP contribution in [0.15, 0.2) is 59.5 Å². The van der Waals surface area contributed by atoms with Crippen molar-refractivity contribution >= 4 is 27.4 Å². The second-order valence-electron chi connectivity index (χ2n) is 8.83. The first kappa shape index (κ1) is 26.5. The standard InChI is InChI=1S/C26H30FN5O4S/c1-3-12-28-26(33)30-21-8-4-19(5-9-21)25-29-22(15-24(31-25)32-13-14-36-16-18(32)2)17-37(34,35)23-10-6-20(27)7-11-23/h4-11,15,18H,3,12-14,16-17H2,1-2H3,(H2,28,30,33)/t18-/m0/s1. The number of ether oxygens (including phenoxy) is 1. The van der Waals surface area contributed by atoms with Gasteiger partial charge < -0.3 is 20.3 Å². The summed E-state index contributed by atoms with van der Waals surface area (Å²) in [6, 6.07) is 13.2. The second-order valence-corrected chi connectivity index (χ2v) is 10.8. The zero-order valence-corrected chi connectivity index (χ0v) is 21.6. The van der Waals surface area contributed by atoms with E-state index in [1.807, 2.05) is 13.8 Å². The number of rotatable bonds is 8. The van der Waals surface area contributed by atoms with Gasteiger partial charge in [0.2, 0.25) is 0 Å². The average molecular weight is 528 g/mol. The maximum atomic E-state index is 13.3. The lowest BCUT2D eigenvalue weighted by atomic mass is 10.2. The van der Waals surface area contributed by atoms with E-state index in [9.17, 15) is 17.6 Å². The van der Waals surface area contributed by atoms with Crippen LogP contribution in [0.4, 0.5) is 20.7 Å². The van der Waals surface area contributed by atoms with Crippen molar-refractivity contribution in [2.24, 2.45) is 0 Å². The number of morpholine rings is 1. The minimum absolute atomic E-state index is 0.0205. The molecule has 2 aromatic carbocycles. The summed E-state index contributed by atoms with van der Waals surface area (Å²) in [5.41, 5.74) is 1.60. The molecule has 0 radical (unpaired) electrons. The molecule has 0 unspecified atom stereocenters. The zero-order valence-electron chi connectivity index (χ0n) is 20.8. The molecule has 0 saturated carbocycles. The van der Waals surface area contributed by atoms with Gasteiger partial charge in [-0.05, 0) is 61.9 Å². The van der Waals surface area contributed by atoms with Crippen molar-refractivity contribution in [3.63, 3.8) is 0 Å². The smallest absolute Gasteiger partial charge is 0.319 e. The quantitative estimate of drug-likeness (QED) is 0.426. The minimum atomic E-state index is -3.77. The molecular weight excluding hydrogens is 497 g/mol. The molecule has 37 heavy (non-hydrogen) atoms. The maximum absolute atomic E-state index is 13.3. The molecule has 196 valence electrons. The number of amides is 2. The van der Waals surface area contributed by atoms with Crippen LogP contribution in [0, 0.1) is 5.82 Å². The maximum Gasteiger partial charge on any atom is 0.319 e. The predicted molar refractivity (Wildman–Crippen MR) is 140 cm³/mol. The van der Waals surface area contributed by atoms with Gasteiger partial charge in [0, 0.05) is 30.4 Å². The van der Waals surface area contributed by atoms with Gasteiger partial charge in [-0.15, -0.1) is 0 Å². The van der Waals surface area contributed by atoms with E-state index in [1.165, 1.54) is 12.1 Å². The van der Waals surface area contributed by atoms with Gasteiger partial charge in [-0.25, -0.2) is 27.6 Å². The molecule has 2 amide bonds. The van der Waals surface area contributed by atoms with Crippen LogP contribution in [0.25, 0.3) is 11.4 Å². The molecule has 1 fully saturated rings. The molecule has 9 nitrogen and oxygen atoms in total. The fraction of sp³-hybridized carbons (Fsp3) is 0.346. The molecule has 3 aromatic rings. The molecule has 2 N–H and O–H groups in total. The molecule has 1 atom stereocenters. The monoisotopic (exact) mass is 527 g/mol. The Morgan fingerprint density at radius 2 is 1.86 bits per heavy atom. The number of carbonyl (C=O) groups is 1. The van der Waals surface area contributed by atoms with Crippen molar-refractivity contribution in [2.45, 2.75) is 37.0 Å². The number of carbonyl (C=O) groups excluding carboxylic acids is 1. The summed E-state index contributed by atoms with van der Waals surface area (Å²) in [6.07, 6.45) is 0.834. The summed E-state index contributed by atoms with van der Waals surface area (Å²) in [7, 11) is -3.77. The van der Waals surface area contributed by atoms with Gasteiger partial charge >= 0.3 is 6.03 Å². The van der Waals surface area contributed by atoms with Crippen molar-refractivity contribution in [3.05, 3.63) is 66.1 Å². The summed E-state index contributed by atoms with van der Waals surface area (Å²) < 4.78 is 45.0. The number of sulfone groups is 1. The molecular formula is C26H30FN5O4S. The normalized spacial score (nSPS) is 15.9. The lowest BCUT2D eigenvalue weighted by molar-refractivity contribution is 0.0985. The summed E-state index contributed by atoms with van der Waals surface area (Å²) in [5.74, 6) is 0.0956. The van der Waals surface area contributed by atoms with Gasteiger partial charge in [0.05, 0.1) is 35.6 Å². The van der Waals surface area contributed by atoms with E-state index in [-0.39, 0.29) is 22.7 Å². The molecule has 1 aliphatic rings. The van der Waals surface area contributed by atoms with Gasteiger partial charge in [-0.1, -0.05) is 6.92 Å². The summed E-state index contributed by atoms with van der Waals surface area (Å²) in [5, 5.41) is 5.52. The van der Waals surface area contributed by atoms with Crippen LogP contribution in [-0.2, 0) is 20.3 Å². The number of aromatic nitrogens is 2. The van der Waals surface area contributed by atoms with Crippen molar-refractivity contribution in [3.8, 4) is 11.4 Å². The van der Waals surface area contributed by atoms with Crippen LogP contribution in [0.2, 0.25) is 0 Å². The van der Waals surface area contributed by atoms with Crippen molar-refractivity contribution in [1.82, 2.24) is 15.3 Å². The lowest BCUT2D eigenvalue weighted by Crippen LogP contribution is -2.44. The minimum Gasteiger partial charge on any atom is -0.377 e. The van der Waals surface area contributed by atoms with Crippen molar-refractivity contribution in [1.29, 1.82) is 0 Å². The first-order chi connectivity index (χ1) is 17.7. The number of hydrogen-bond acceptors (Lipinski definition) is 7. The Labute approximate surface area is 216 Å². The van der Waals surface area contributed by atoms with Gasteiger partial charge in [0.1, 0.15) is 11.6 Å². The first-order valence-corrected chi connectivity index (χ1v) is 13.8. The molecule has 11 heteroatoms. The summed E-state index contributed by atoms with van der Waals surface area (Å²) in [4.78, 5) is 23.3. The number of urea groups is 1. The molecule has 1 saturated heterocycles. The molecule has 1 aromatic heterocycles. The van der Waals surface area contributed by atoms with E-state index in [4.69, 9.17) is 9.72 Å². The Kier molecular flexibility index (Phi) is 8.34. The Morgan fingerprint density at radius 1 is 1.14 bits per heavy atom. The molecule has 0 spiro atoms. The highest BCUT2D eigenvalue weighted by Crippen LogP contribution is 2.26. The number of nitrogens with one attached hydrogen (secondary N) is 2. The zero-order chi connectivity index (χ0) is 26.4. The van der Waals surface area contributed by atoms with Crippen LogP contribution in [0.3, 0.4) is 0 Å². The third-order valence-corrected chi connectivity index (χ3v) is 7.54. The Morgan fingerprint density at radius 3 is 2.54 bits per heavy atom. The van der Waals surface area contributed by atoms with Crippen LogP contribution >= 0.6 is 0 Å². The topological polar surface area (TPSA) is 114 Å². The van der Waals surface area contributed by atoms with E-state index < -0.39 is 15.7 Å². The van der Waals surface area contributed by atoms with Gasteiger partial charge in [0.25, 0.3) is 0 Å². The molecule has 0 aliphatic carbocycles. The van der Waals surface area contributed by atoms with Crippen molar-refractivity contribution in [2.75, 3.05) is 36.5 Å². The fourth-order valence-corrected chi connectivity index (χ4v) is 5.19. The Hall–Kier alpha value is -3.57. The largest absolute Gasteiger partial charge is 0.377 e. The van der Waals surface area contributed by atoms with Gasteiger partial charge in [-0.2, -0.15) is 0 Å². The third-order valence-electron chi connectivity index (χ3n) is 5.87. The van der Waals surface area contributed by atoms with Crippen LogP contribution in [-0.4, -0.2) is 56.8 Å². The SMILES string of the molecule is CCCNC(=O)Nc1ccc(-c2nc(CS(=O)(=O)c3ccc(F)cc3)cc(N3CCOC[C@@H]3C)n2)cc1. The number of nitrogens with zero attached hydrogens (tertiary/aromatic N) is 3. The van der Waals surface area contributed by atoms with E-state index in [2.05, 4.69) is 20.5 Å². The molecule has 0 bridgehead atoms. The van der Waals surface area contributed by atoms with Gasteiger partial charge in [0.15, 0.2) is 15.7 Å². The predicted octanol–water partition coefficient (Wildman–Crippen LogP) is 4.01. The second kappa shape index (κ2) is 11.7. The third kappa shape index (κ3) is 6.80. The van der Waals surface area contributed by atoms with E-state index in [0.29, 0.717) is 54.9 Å². The van der Waals surface area contributed by atoms with Crippen LogP contribution < -0.4 is 15.5 Å². The highest BCUT2D eigenvalue weighted by molar-refractivity contribution is 7.90. The fourth-order valence-electron chi connectivity index (χ4n) is 3.94. The molecule has 1 aliphatic heterocycles. The number of anilines is 2. The summed E-state index contributed by atoms with van der Waals surface area (Å²) >= 11 is 0. The van der Waals surface area contributed by atoms with E-state index >= 15 is 0 Å². The molecule has 4 rings (SSSR count). The highest BCUT2D eigenvalue weighted by atomic mass is 32.2. The Balaban J connectivity index is 1.65. The number of halogens is 1.